The van der Waals surface area contributed by atoms with Crippen LogP contribution in [0.4, 0.5) is 0 Å². The summed E-state index contributed by atoms with van der Waals surface area (Å²) in [4.78, 5) is 0. The molecule has 0 N–H and O–H groups in total. The Kier molecular flexibility index (Phi) is 9.36. The van der Waals surface area contributed by atoms with E-state index in [1.807, 2.05) is 0 Å². The predicted molar refractivity (Wildman–Crippen MR) is 146 cm³/mol. The fourth-order valence-corrected chi connectivity index (χ4v) is 5.47. The topological polar surface area (TPSA) is 0 Å². The minimum atomic E-state index is 0.777. The largest absolute Gasteiger partial charge is 0.0651 e. The summed E-state index contributed by atoms with van der Waals surface area (Å²) in [5.41, 5.74) is 11.9. The lowest BCUT2D eigenvalue weighted by molar-refractivity contribution is 0.349. The summed E-state index contributed by atoms with van der Waals surface area (Å²) in [7, 11) is 0. The minimum absolute atomic E-state index is 0.777. The average Bonchev–Trinajstić information content (AvgIpc) is 2.84. The Morgan fingerprint density at radius 2 is 1.36 bits per heavy atom. The molecule has 0 aliphatic rings. The van der Waals surface area contributed by atoms with Gasteiger partial charge in [-0.05, 0) is 102 Å². The number of benzene rings is 3. The van der Waals surface area contributed by atoms with Crippen molar-refractivity contribution in [3.8, 4) is 11.1 Å². The molecule has 0 aliphatic carbocycles. The van der Waals surface area contributed by atoms with Crippen molar-refractivity contribution in [2.45, 2.75) is 86.5 Å². The van der Waals surface area contributed by atoms with Gasteiger partial charge in [-0.25, -0.2) is 0 Å². The molecule has 0 aliphatic heterocycles. The maximum atomic E-state index is 2.52. The number of hydrogen-bond acceptors (Lipinski definition) is 0. The summed E-state index contributed by atoms with van der Waals surface area (Å²) >= 11 is 0. The second-order valence-electron chi connectivity index (χ2n) is 10.0. The first kappa shape index (κ1) is 25.3. The van der Waals surface area contributed by atoms with E-state index >= 15 is 0 Å². The van der Waals surface area contributed by atoms with Gasteiger partial charge in [0.15, 0.2) is 0 Å². The van der Waals surface area contributed by atoms with Gasteiger partial charge in [0.05, 0.1) is 0 Å². The number of rotatable bonds is 11. The molecule has 0 heteroatoms. The van der Waals surface area contributed by atoms with Crippen molar-refractivity contribution in [2.75, 3.05) is 0 Å². The van der Waals surface area contributed by atoms with Crippen LogP contribution >= 0.6 is 0 Å². The molecule has 0 amide bonds. The highest BCUT2D eigenvalue weighted by Gasteiger charge is 2.15. The van der Waals surface area contributed by atoms with Crippen LogP contribution in [0.5, 0.6) is 0 Å². The zero-order valence-electron chi connectivity index (χ0n) is 21.9. The van der Waals surface area contributed by atoms with Gasteiger partial charge in [0.2, 0.25) is 0 Å². The summed E-state index contributed by atoms with van der Waals surface area (Å²) in [6.45, 7) is 14.1. The molecule has 0 radical (unpaired) electrons. The van der Waals surface area contributed by atoms with Gasteiger partial charge in [-0.3, -0.25) is 0 Å². The number of hydrogen-bond donors (Lipinski definition) is 0. The van der Waals surface area contributed by atoms with E-state index in [-0.39, 0.29) is 0 Å². The lowest BCUT2D eigenvalue weighted by atomic mass is 9.84. The molecule has 3 rings (SSSR count). The van der Waals surface area contributed by atoms with Crippen LogP contribution in [-0.4, -0.2) is 0 Å². The predicted octanol–water partition coefficient (Wildman–Crippen LogP) is 9.19. The normalized spacial score (nSPS) is 12.3. The first-order chi connectivity index (χ1) is 16.0. The maximum Gasteiger partial charge on any atom is -0.0152 e. The molecule has 176 valence electrons. The highest BCUT2D eigenvalue weighted by molar-refractivity contribution is 5.68. The van der Waals surface area contributed by atoms with Gasteiger partial charge >= 0.3 is 0 Å². The molecule has 0 aromatic heterocycles. The molecule has 0 heterocycles. The van der Waals surface area contributed by atoms with Gasteiger partial charge in [-0.1, -0.05) is 102 Å². The lowest BCUT2D eigenvalue weighted by Crippen LogP contribution is -2.11. The van der Waals surface area contributed by atoms with Gasteiger partial charge < -0.3 is 0 Å². The van der Waals surface area contributed by atoms with Crippen molar-refractivity contribution in [3.63, 3.8) is 0 Å². The Balaban J connectivity index is 1.79. The monoisotopic (exact) mass is 440 g/mol. The van der Waals surface area contributed by atoms with Crippen molar-refractivity contribution in [2.24, 2.45) is 11.8 Å². The van der Waals surface area contributed by atoms with Gasteiger partial charge in [-0.2, -0.15) is 0 Å². The third-order valence-corrected chi connectivity index (χ3v) is 7.70. The van der Waals surface area contributed by atoms with Crippen LogP contribution in [0.25, 0.3) is 11.1 Å². The first-order valence-corrected chi connectivity index (χ1v) is 13.3. The van der Waals surface area contributed by atoms with E-state index in [9.17, 15) is 0 Å². The molecule has 3 aromatic carbocycles. The van der Waals surface area contributed by atoms with Gasteiger partial charge in [0.25, 0.3) is 0 Å². The Morgan fingerprint density at radius 3 is 1.94 bits per heavy atom. The second-order valence-corrected chi connectivity index (χ2v) is 10.0. The van der Waals surface area contributed by atoms with E-state index in [1.165, 1.54) is 47.1 Å². The zero-order chi connectivity index (χ0) is 23.8. The minimum Gasteiger partial charge on any atom is -0.0651 e. The fourth-order valence-electron chi connectivity index (χ4n) is 5.47. The molecule has 0 saturated heterocycles. The molecule has 0 fully saturated rings. The molecule has 33 heavy (non-hydrogen) atoms. The Labute approximate surface area is 203 Å². The summed E-state index contributed by atoms with van der Waals surface area (Å²) in [5, 5.41) is 0. The molecular weight excluding hydrogens is 396 g/mol. The Morgan fingerprint density at radius 1 is 0.697 bits per heavy atom. The Hall–Kier alpha value is -2.34. The molecule has 1 atom stereocenters. The zero-order valence-corrected chi connectivity index (χ0v) is 21.9. The molecular formula is C33H44. The molecule has 0 nitrogen and oxygen atoms in total. The standard InChI is InChI=1S/C33H44/c1-7-27(24(4)5)20-21-33-28(8-2)22-26(23-29(33)9-3)18-19-30-16-13-17-32(25(30)6)31-14-11-10-12-15-31/h10-17,22-24,27H,7-9,18-21H2,1-6H3. The summed E-state index contributed by atoms with van der Waals surface area (Å²) < 4.78 is 0. The van der Waals surface area contributed by atoms with Crippen LogP contribution in [0.1, 0.15) is 80.8 Å². The average molecular weight is 441 g/mol. The van der Waals surface area contributed by atoms with Crippen molar-refractivity contribution in [3.05, 3.63) is 94.0 Å². The van der Waals surface area contributed by atoms with Crippen LogP contribution in [0.15, 0.2) is 60.7 Å². The van der Waals surface area contributed by atoms with Crippen molar-refractivity contribution in [1.82, 2.24) is 0 Å². The van der Waals surface area contributed by atoms with Crippen LogP contribution in [0.2, 0.25) is 0 Å². The first-order valence-electron chi connectivity index (χ1n) is 13.3. The third-order valence-electron chi connectivity index (χ3n) is 7.70. The molecule has 0 spiro atoms. The second kappa shape index (κ2) is 12.2. The summed E-state index contributed by atoms with van der Waals surface area (Å²) in [5.74, 6) is 1.61. The van der Waals surface area contributed by atoms with E-state index in [0.717, 1.165) is 37.5 Å². The number of aryl methyl sites for hydroxylation is 4. The van der Waals surface area contributed by atoms with E-state index in [2.05, 4.69) is 102 Å². The van der Waals surface area contributed by atoms with Crippen molar-refractivity contribution >= 4 is 0 Å². The highest BCUT2D eigenvalue weighted by atomic mass is 14.2. The van der Waals surface area contributed by atoms with E-state index in [0.29, 0.717) is 0 Å². The van der Waals surface area contributed by atoms with Gasteiger partial charge in [0, 0.05) is 0 Å². The quantitative estimate of drug-likeness (QED) is 0.279. The van der Waals surface area contributed by atoms with Crippen LogP contribution in [0.3, 0.4) is 0 Å². The van der Waals surface area contributed by atoms with Crippen LogP contribution < -0.4 is 0 Å². The van der Waals surface area contributed by atoms with Crippen LogP contribution in [0, 0.1) is 18.8 Å². The van der Waals surface area contributed by atoms with E-state index in [1.54, 1.807) is 16.7 Å². The molecule has 3 aromatic rings. The van der Waals surface area contributed by atoms with E-state index < -0.39 is 0 Å². The summed E-state index contributed by atoms with van der Waals surface area (Å²) in [6, 6.07) is 22.6. The molecule has 0 bridgehead atoms. The smallest absolute Gasteiger partial charge is 0.0152 e. The molecule has 1 unspecified atom stereocenters. The maximum absolute atomic E-state index is 2.52. The Bertz CT molecular complexity index is 984. The van der Waals surface area contributed by atoms with Crippen molar-refractivity contribution < 1.29 is 0 Å². The molecule has 0 saturated carbocycles. The van der Waals surface area contributed by atoms with Gasteiger partial charge in [0.1, 0.15) is 0 Å². The van der Waals surface area contributed by atoms with Gasteiger partial charge in [-0.15, -0.1) is 0 Å². The third kappa shape index (κ3) is 6.38. The lowest BCUT2D eigenvalue weighted by Gasteiger charge is -2.22. The van der Waals surface area contributed by atoms with E-state index in [4.69, 9.17) is 0 Å². The fraction of sp³-hybridized carbons (Fsp3) is 0.455. The van der Waals surface area contributed by atoms with Crippen molar-refractivity contribution in [1.29, 1.82) is 0 Å². The highest BCUT2D eigenvalue weighted by Crippen LogP contribution is 2.29. The SMILES string of the molecule is CCc1cc(CCc2cccc(-c3ccccc3)c2C)cc(CC)c1CCC(CC)C(C)C. The van der Waals surface area contributed by atoms with Crippen LogP contribution in [-0.2, 0) is 32.1 Å². The summed E-state index contributed by atoms with van der Waals surface area (Å²) in [6.07, 6.45) is 8.33.